The van der Waals surface area contributed by atoms with Crippen molar-refractivity contribution in [3.05, 3.63) is 82.1 Å². The first-order valence-corrected chi connectivity index (χ1v) is 9.28. The van der Waals surface area contributed by atoms with Crippen LogP contribution < -0.4 is 10.4 Å². The van der Waals surface area contributed by atoms with Crippen LogP contribution in [0.3, 0.4) is 0 Å². The SMILES string of the molecule is Cc1ccc(N2NC(=O)/C(=C/c3ccc(-c4ccc(Cl)c(C(=O)O)c4)o3)C2=O)cc1. The molecular formula is C22H15ClN2O5. The topological polar surface area (TPSA) is 99.8 Å². The fourth-order valence-corrected chi connectivity index (χ4v) is 3.20. The Balaban J connectivity index is 1.62. The minimum absolute atomic E-state index is 0.0513. The molecule has 1 aromatic heterocycles. The maximum Gasteiger partial charge on any atom is 0.337 e. The van der Waals surface area contributed by atoms with Crippen molar-refractivity contribution in [3.63, 3.8) is 0 Å². The van der Waals surface area contributed by atoms with Gasteiger partial charge >= 0.3 is 5.97 Å². The third kappa shape index (κ3) is 3.58. The van der Waals surface area contributed by atoms with E-state index in [0.29, 0.717) is 17.0 Å². The van der Waals surface area contributed by atoms with Crippen LogP contribution in [0.4, 0.5) is 5.69 Å². The van der Waals surface area contributed by atoms with Gasteiger partial charge in [0.2, 0.25) is 0 Å². The van der Waals surface area contributed by atoms with E-state index in [1.807, 2.05) is 19.1 Å². The fourth-order valence-electron chi connectivity index (χ4n) is 3.00. The van der Waals surface area contributed by atoms with Gasteiger partial charge in [0.15, 0.2) is 0 Å². The van der Waals surface area contributed by atoms with Crippen LogP contribution in [0, 0.1) is 6.92 Å². The Morgan fingerprint density at radius 2 is 1.83 bits per heavy atom. The molecule has 0 unspecified atom stereocenters. The van der Waals surface area contributed by atoms with Gasteiger partial charge in [0.05, 0.1) is 16.3 Å². The predicted molar refractivity (Wildman–Crippen MR) is 111 cm³/mol. The molecule has 2 aromatic carbocycles. The molecule has 2 N–H and O–H groups in total. The number of carboxylic acid groups (broad SMARTS) is 1. The molecular weight excluding hydrogens is 408 g/mol. The van der Waals surface area contributed by atoms with E-state index in [2.05, 4.69) is 5.43 Å². The Hall–Kier alpha value is -3.84. The number of hydrogen-bond acceptors (Lipinski definition) is 4. The van der Waals surface area contributed by atoms with Gasteiger partial charge in [0.1, 0.15) is 17.1 Å². The van der Waals surface area contributed by atoms with Crippen LogP contribution in [-0.4, -0.2) is 22.9 Å². The normalized spacial score (nSPS) is 15.0. The Labute approximate surface area is 176 Å². The number of anilines is 1. The maximum atomic E-state index is 12.7. The standard InChI is InChI=1S/C22H15ClN2O5/c1-12-2-5-14(6-3-12)25-21(27)17(20(26)24-25)11-15-7-9-19(30-15)13-4-8-18(23)16(10-13)22(28)29/h2-11H,1H3,(H,24,26)(H,28,29)/b17-11-. The molecule has 1 saturated heterocycles. The van der Waals surface area contributed by atoms with E-state index in [4.69, 9.17) is 16.0 Å². The average Bonchev–Trinajstić information content (AvgIpc) is 3.29. The van der Waals surface area contributed by atoms with E-state index in [-0.39, 0.29) is 21.9 Å². The second-order valence-electron chi connectivity index (χ2n) is 6.68. The van der Waals surface area contributed by atoms with Crippen molar-refractivity contribution in [2.75, 3.05) is 5.01 Å². The highest BCUT2D eigenvalue weighted by atomic mass is 35.5. The van der Waals surface area contributed by atoms with Crippen LogP contribution in [0.5, 0.6) is 0 Å². The number of carbonyl (C=O) groups is 3. The monoisotopic (exact) mass is 422 g/mol. The molecule has 0 radical (unpaired) electrons. The van der Waals surface area contributed by atoms with Crippen LogP contribution in [-0.2, 0) is 9.59 Å². The minimum Gasteiger partial charge on any atom is -0.478 e. The van der Waals surface area contributed by atoms with Gasteiger partial charge in [-0.25, -0.2) is 9.80 Å². The van der Waals surface area contributed by atoms with Crippen LogP contribution in [0.2, 0.25) is 5.02 Å². The molecule has 7 nitrogen and oxygen atoms in total. The first kappa shape index (κ1) is 19.5. The Bertz CT molecular complexity index is 1210. The molecule has 1 aliphatic rings. The van der Waals surface area contributed by atoms with Gasteiger partial charge in [0.25, 0.3) is 11.8 Å². The molecule has 0 saturated carbocycles. The molecule has 30 heavy (non-hydrogen) atoms. The van der Waals surface area contributed by atoms with Crippen molar-refractivity contribution in [2.45, 2.75) is 6.92 Å². The number of amides is 2. The number of nitrogens with one attached hydrogen (secondary N) is 1. The summed E-state index contributed by atoms with van der Waals surface area (Å²) in [7, 11) is 0. The molecule has 0 aliphatic carbocycles. The molecule has 150 valence electrons. The molecule has 2 heterocycles. The van der Waals surface area contributed by atoms with E-state index in [9.17, 15) is 19.5 Å². The lowest BCUT2D eigenvalue weighted by molar-refractivity contribution is -0.117. The van der Waals surface area contributed by atoms with E-state index in [1.54, 1.807) is 30.3 Å². The number of aromatic carboxylic acids is 1. The number of carbonyl (C=O) groups excluding carboxylic acids is 2. The lowest BCUT2D eigenvalue weighted by atomic mass is 10.1. The highest BCUT2D eigenvalue weighted by Crippen LogP contribution is 2.28. The van der Waals surface area contributed by atoms with Crippen LogP contribution >= 0.6 is 11.6 Å². The Morgan fingerprint density at radius 3 is 2.53 bits per heavy atom. The number of nitrogens with zero attached hydrogens (tertiary/aromatic N) is 1. The summed E-state index contributed by atoms with van der Waals surface area (Å²) < 4.78 is 5.70. The summed E-state index contributed by atoms with van der Waals surface area (Å²) in [6.07, 6.45) is 1.35. The third-order valence-electron chi connectivity index (χ3n) is 4.58. The van der Waals surface area contributed by atoms with Gasteiger partial charge in [0, 0.05) is 5.56 Å². The van der Waals surface area contributed by atoms with Crippen LogP contribution in [0.15, 0.2) is 64.6 Å². The number of rotatable bonds is 4. The summed E-state index contributed by atoms with van der Waals surface area (Å²) in [4.78, 5) is 36.3. The summed E-state index contributed by atoms with van der Waals surface area (Å²) in [5.74, 6) is -1.54. The summed E-state index contributed by atoms with van der Waals surface area (Å²) in [6.45, 7) is 1.92. The number of carboxylic acids is 1. The molecule has 1 fully saturated rings. The third-order valence-corrected chi connectivity index (χ3v) is 4.91. The summed E-state index contributed by atoms with van der Waals surface area (Å²) >= 11 is 5.89. The Morgan fingerprint density at radius 1 is 1.10 bits per heavy atom. The number of aryl methyl sites for hydroxylation is 1. The van der Waals surface area contributed by atoms with Crippen LogP contribution in [0.25, 0.3) is 17.4 Å². The zero-order chi connectivity index (χ0) is 21.4. The number of hydrazine groups is 1. The molecule has 0 atom stereocenters. The fraction of sp³-hybridized carbons (Fsp3) is 0.0455. The zero-order valence-electron chi connectivity index (χ0n) is 15.7. The quantitative estimate of drug-likeness (QED) is 0.487. The molecule has 3 aromatic rings. The lowest BCUT2D eigenvalue weighted by Crippen LogP contribution is -2.35. The van der Waals surface area contributed by atoms with Gasteiger partial charge in [-0.2, -0.15) is 0 Å². The van der Waals surface area contributed by atoms with E-state index < -0.39 is 17.8 Å². The number of furan rings is 1. The molecule has 0 spiro atoms. The maximum absolute atomic E-state index is 12.7. The van der Waals surface area contributed by atoms with Crippen molar-refractivity contribution in [2.24, 2.45) is 0 Å². The minimum atomic E-state index is -1.15. The highest BCUT2D eigenvalue weighted by molar-refractivity contribution is 6.33. The molecule has 8 heteroatoms. The molecule has 2 amide bonds. The zero-order valence-corrected chi connectivity index (χ0v) is 16.4. The number of benzene rings is 2. The van der Waals surface area contributed by atoms with Crippen molar-refractivity contribution < 1.29 is 23.9 Å². The largest absolute Gasteiger partial charge is 0.478 e. The number of halogens is 1. The molecule has 4 rings (SSSR count). The summed E-state index contributed by atoms with van der Waals surface area (Å²) in [5.41, 5.74) is 4.49. The van der Waals surface area contributed by atoms with E-state index in [1.165, 1.54) is 23.2 Å². The predicted octanol–water partition coefficient (Wildman–Crippen LogP) is 4.07. The summed E-state index contributed by atoms with van der Waals surface area (Å²) in [6, 6.07) is 14.9. The van der Waals surface area contributed by atoms with Gasteiger partial charge in [-0.1, -0.05) is 29.3 Å². The van der Waals surface area contributed by atoms with Crippen LogP contribution in [0.1, 0.15) is 21.7 Å². The number of hydrogen-bond donors (Lipinski definition) is 2. The second-order valence-corrected chi connectivity index (χ2v) is 7.08. The van der Waals surface area contributed by atoms with Crippen molar-refractivity contribution in [1.82, 2.24) is 5.43 Å². The van der Waals surface area contributed by atoms with Crippen molar-refractivity contribution >= 4 is 41.1 Å². The second kappa shape index (κ2) is 7.53. The average molecular weight is 423 g/mol. The van der Waals surface area contributed by atoms with E-state index >= 15 is 0 Å². The van der Waals surface area contributed by atoms with E-state index in [0.717, 1.165) is 5.56 Å². The summed E-state index contributed by atoms with van der Waals surface area (Å²) in [5, 5.41) is 10.5. The Kier molecular flexibility index (Phi) is 4.89. The molecule has 1 aliphatic heterocycles. The van der Waals surface area contributed by atoms with Crippen molar-refractivity contribution in [3.8, 4) is 11.3 Å². The lowest BCUT2D eigenvalue weighted by Gasteiger charge is -2.14. The smallest absolute Gasteiger partial charge is 0.337 e. The highest BCUT2D eigenvalue weighted by Gasteiger charge is 2.34. The van der Waals surface area contributed by atoms with Gasteiger partial charge < -0.3 is 9.52 Å². The van der Waals surface area contributed by atoms with Gasteiger partial charge in [-0.05, 0) is 55.5 Å². The first-order chi connectivity index (χ1) is 14.3. The van der Waals surface area contributed by atoms with Gasteiger partial charge in [-0.3, -0.25) is 15.0 Å². The van der Waals surface area contributed by atoms with Gasteiger partial charge in [-0.15, -0.1) is 0 Å². The first-order valence-electron chi connectivity index (χ1n) is 8.90. The molecule has 0 bridgehead atoms. The van der Waals surface area contributed by atoms with Crippen molar-refractivity contribution in [1.29, 1.82) is 0 Å².